The van der Waals surface area contributed by atoms with Gasteiger partial charge in [-0.2, -0.15) is 4.98 Å². The van der Waals surface area contributed by atoms with Crippen molar-refractivity contribution in [1.29, 1.82) is 0 Å². The molecule has 5 nitrogen and oxygen atoms in total. The SMILES string of the molecule is Cc1ccc(Cl)cc1Nc1nccc(NCc2ccccn2)n1. The highest BCUT2D eigenvalue weighted by Crippen LogP contribution is 2.23. The van der Waals surface area contributed by atoms with Crippen LogP contribution in [0.1, 0.15) is 11.3 Å². The molecule has 0 radical (unpaired) electrons. The second kappa shape index (κ2) is 7.07. The van der Waals surface area contributed by atoms with Crippen LogP contribution in [-0.4, -0.2) is 15.0 Å². The molecule has 0 amide bonds. The van der Waals surface area contributed by atoms with E-state index >= 15 is 0 Å². The number of benzene rings is 1. The van der Waals surface area contributed by atoms with Crippen LogP contribution in [0.25, 0.3) is 0 Å². The Balaban J connectivity index is 1.71. The van der Waals surface area contributed by atoms with E-state index in [2.05, 4.69) is 25.6 Å². The summed E-state index contributed by atoms with van der Waals surface area (Å²) in [6.07, 6.45) is 3.47. The summed E-state index contributed by atoms with van der Waals surface area (Å²) in [5, 5.41) is 7.09. The van der Waals surface area contributed by atoms with Gasteiger partial charge < -0.3 is 10.6 Å². The number of anilines is 3. The van der Waals surface area contributed by atoms with Gasteiger partial charge in [0.15, 0.2) is 0 Å². The van der Waals surface area contributed by atoms with E-state index in [4.69, 9.17) is 11.6 Å². The van der Waals surface area contributed by atoms with Crippen molar-refractivity contribution in [2.75, 3.05) is 10.6 Å². The molecule has 0 aliphatic carbocycles. The molecule has 1 aromatic carbocycles. The Labute approximate surface area is 139 Å². The van der Waals surface area contributed by atoms with Crippen molar-refractivity contribution in [3.63, 3.8) is 0 Å². The minimum atomic E-state index is 0.515. The summed E-state index contributed by atoms with van der Waals surface area (Å²) >= 11 is 6.03. The van der Waals surface area contributed by atoms with Gasteiger partial charge in [-0.25, -0.2) is 4.98 Å². The smallest absolute Gasteiger partial charge is 0.229 e. The first kappa shape index (κ1) is 15.2. The fraction of sp³-hybridized carbons (Fsp3) is 0.118. The Kier molecular flexibility index (Phi) is 4.68. The molecular weight excluding hydrogens is 310 g/mol. The van der Waals surface area contributed by atoms with Crippen LogP contribution >= 0.6 is 11.6 Å². The third-order valence-electron chi connectivity index (χ3n) is 3.28. The Morgan fingerprint density at radius 2 is 1.96 bits per heavy atom. The lowest BCUT2D eigenvalue weighted by Gasteiger charge is -2.10. The van der Waals surface area contributed by atoms with Gasteiger partial charge in [0.25, 0.3) is 0 Å². The zero-order valence-electron chi connectivity index (χ0n) is 12.6. The molecule has 2 heterocycles. The number of pyridine rings is 1. The molecule has 0 spiro atoms. The molecular formula is C17H16ClN5. The first-order valence-corrected chi connectivity index (χ1v) is 7.58. The summed E-state index contributed by atoms with van der Waals surface area (Å²) in [4.78, 5) is 13.0. The second-order valence-electron chi connectivity index (χ2n) is 5.02. The lowest BCUT2D eigenvalue weighted by atomic mass is 10.2. The highest BCUT2D eigenvalue weighted by molar-refractivity contribution is 6.30. The zero-order valence-corrected chi connectivity index (χ0v) is 13.4. The Hall–Kier alpha value is -2.66. The Bertz CT molecular complexity index is 792. The maximum absolute atomic E-state index is 6.03. The summed E-state index contributed by atoms with van der Waals surface area (Å²) in [6, 6.07) is 13.3. The predicted molar refractivity (Wildman–Crippen MR) is 93.1 cm³/mol. The molecule has 0 aliphatic rings. The normalized spacial score (nSPS) is 10.3. The standard InChI is InChI=1S/C17H16ClN5/c1-12-5-6-13(18)10-15(12)22-17-20-9-7-16(23-17)21-11-14-4-2-3-8-19-14/h2-10H,11H2,1H3,(H2,20,21,22,23). The summed E-state index contributed by atoms with van der Waals surface area (Å²) < 4.78 is 0. The zero-order chi connectivity index (χ0) is 16.1. The third-order valence-corrected chi connectivity index (χ3v) is 3.51. The van der Waals surface area contributed by atoms with E-state index in [1.807, 2.05) is 49.4 Å². The molecule has 0 fully saturated rings. The summed E-state index contributed by atoms with van der Waals surface area (Å²) in [6.45, 7) is 2.61. The molecule has 6 heteroatoms. The highest BCUT2D eigenvalue weighted by atomic mass is 35.5. The van der Waals surface area contributed by atoms with Crippen LogP contribution in [0.3, 0.4) is 0 Å². The fourth-order valence-electron chi connectivity index (χ4n) is 2.05. The number of nitrogens with one attached hydrogen (secondary N) is 2. The molecule has 0 unspecified atom stereocenters. The molecule has 3 aromatic rings. The van der Waals surface area contributed by atoms with Gasteiger partial charge in [0.05, 0.1) is 12.2 Å². The van der Waals surface area contributed by atoms with E-state index in [1.165, 1.54) is 0 Å². The van der Waals surface area contributed by atoms with E-state index in [0.29, 0.717) is 17.5 Å². The van der Waals surface area contributed by atoms with Gasteiger partial charge >= 0.3 is 0 Å². The van der Waals surface area contributed by atoms with Crippen LogP contribution < -0.4 is 10.6 Å². The molecule has 0 bridgehead atoms. The number of rotatable bonds is 5. The molecule has 116 valence electrons. The lowest BCUT2D eigenvalue weighted by Crippen LogP contribution is -2.05. The van der Waals surface area contributed by atoms with Crippen molar-refractivity contribution in [2.24, 2.45) is 0 Å². The lowest BCUT2D eigenvalue weighted by molar-refractivity contribution is 1.02. The molecule has 0 saturated carbocycles. The Morgan fingerprint density at radius 3 is 2.78 bits per heavy atom. The van der Waals surface area contributed by atoms with Crippen LogP contribution in [0.2, 0.25) is 5.02 Å². The van der Waals surface area contributed by atoms with Gasteiger partial charge in [-0.1, -0.05) is 23.7 Å². The first-order valence-electron chi connectivity index (χ1n) is 7.21. The molecule has 2 N–H and O–H groups in total. The van der Waals surface area contributed by atoms with Crippen molar-refractivity contribution in [3.8, 4) is 0 Å². The highest BCUT2D eigenvalue weighted by Gasteiger charge is 2.04. The van der Waals surface area contributed by atoms with E-state index in [-0.39, 0.29) is 0 Å². The number of aromatic nitrogens is 3. The number of halogens is 1. The van der Waals surface area contributed by atoms with Crippen molar-refractivity contribution in [3.05, 3.63) is 71.1 Å². The quantitative estimate of drug-likeness (QED) is 0.736. The molecule has 0 aliphatic heterocycles. The minimum Gasteiger partial charge on any atom is -0.364 e. The second-order valence-corrected chi connectivity index (χ2v) is 5.46. The molecule has 3 rings (SSSR count). The average molecular weight is 326 g/mol. The topological polar surface area (TPSA) is 62.7 Å². The largest absolute Gasteiger partial charge is 0.364 e. The fourth-order valence-corrected chi connectivity index (χ4v) is 2.22. The molecule has 23 heavy (non-hydrogen) atoms. The van der Waals surface area contributed by atoms with Gasteiger partial charge in [-0.3, -0.25) is 4.98 Å². The average Bonchev–Trinajstić information content (AvgIpc) is 2.58. The van der Waals surface area contributed by atoms with Crippen molar-refractivity contribution >= 4 is 29.1 Å². The van der Waals surface area contributed by atoms with E-state index < -0.39 is 0 Å². The summed E-state index contributed by atoms with van der Waals surface area (Å²) in [7, 11) is 0. The van der Waals surface area contributed by atoms with Gasteiger partial charge in [-0.15, -0.1) is 0 Å². The minimum absolute atomic E-state index is 0.515. The van der Waals surface area contributed by atoms with Crippen LogP contribution in [0.4, 0.5) is 17.5 Å². The maximum Gasteiger partial charge on any atom is 0.229 e. The van der Waals surface area contributed by atoms with Crippen molar-refractivity contribution in [2.45, 2.75) is 13.5 Å². The predicted octanol–water partition coefficient (Wildman–Crippen LogP) is 4.19. The van der Waals surface area contributed by atoms with Gasteiger partial charge in [-0.05, 0) is 42.8 Å². The summed E-state index contributed by atoms with van der Waals surface area (Å²) in [5.74, 6) is 1.24. The number of aryl methyl sites for hydroxylation is 1. The van der Waals surface area contributed by atoms with Gasteiger partial charge in [0, 0.05) is 23.1 Å². The van der Waals surface area contributed by atoms with Crippen LogP contribution in [0.5, 0.6) is 0 Å². The molecule has 2 aromatic heterocycles. The van der Waals surface area contributed by atoms with Crippen LogP contribution in [-0.2, 0) is 6.54 Å². The van der Waals surface area contributed by atoms with Crippen LogP contribution in [0, 0.1) is 6.92 Å². The number of hydrogen-bond donors (Lipinski definition) is 2. The maximum atomic E-state index is 6.03. The Morgan fingerprint density at radius 1 is 1.04 bits per heavy atom. The first-order chi connectivity index (χ1) is 11.2. The van der Waals surface area contributed by atoms with Crippen LogP contribution in [0.15, 0.2) is 54.9 Å². The molecule has 0 atom stereocenters. The van der Waals surface area contributed by atoms with Gasteiger partial charge in [0.2, 0.25) is 5.95 Å². The molecule has 0 saturated heterocycles. The third kappa shape index (κ3) is 4.17. The monoisotopic (exact) mass is 325 g/mol. The number of hydrogen-bond acceptors (Lipinski definition) is 5. The summed E-state index contributed by atoms with van der Waals surface area (Å²) in [5.41, 5.74) is 2.91. The van der Waals surface area contributed by atoms with E-state index in [1.54, 1.807) is 12.4 Å². The van der Waals surface area contributed by atoms with Crippen molar-refractivity contribution < 1.29 is 0 Å². The van der Waals surface area contributed by atoms with E-state index in [9.17, 15) is 0 Å². The van der Waals surface area contributed by atoms with Gasteiger partial charge in [0.1, 0.15) is 5.82 Å². The van der Waals surface area contributed by atoms with Crippen molar-refractivity contribution in [1.82, 2.24) is 15.0 Å². The number of nitrogens with zero attached hydrogens (tertiary/aromatic N) is 3. The van der Waals surface area contributed by atoms with E-state index in [0.717, 1.165) is 22.8 Å².